The number of nitrogens with two attached hydrogens (primary N) is 1. The van der Waals surface area contributed by atoms with Gasteiger partial charge < -0.3 is 5.73 Å². The summed E-state index contributed by atoms with van der Waals surface area (Å²) in [5.74, 6) is 0. The fourth-order valence-electron chi connectivity index (χ4n) is 1.64. The van der Waals surface area contributed by atoms with Crippen molar-refractivity contribution >= 4 is 14.7 Å². The minimum absolute atomic E-state index is 0.387. The van der Waals surface area contributed by atoms with Gasteiger partial charge in [-0.2, -0.15) is 13.2 Å². The zero-order chi connectivity index (χ0) is 13.6. The predicted octanol–water partition coefficient (Wildman–Crippen LogP) is 2.27. The Morgan fingerprint density at radius 1 is 1.06 bits per heavy atom. The van der Waals surface area contributed by atoms with Gasteiger partial charge in [-0.3, -0.25) is 0 Å². The minimum atomic E-state index is -4.62. The molecule has 0 amide bonds. The molecule has 1 aromatic carbocycles. The van der Waals surface area contributed by atoms with E-state index in [1.807, 2.05) is 0 Å². The van der Waals surface area contributed by atoms with Crippen LogP contribution in [0.15, 0.2) is 41.4 Å². The lowest BCUT2D eigenvalue weighted by atomic mass is 10.1. The molecular formula is C11H8F3NO2S. The van der Waals surface area contributed by atoms with Gasteiger partial charge in [-0.05, 0) is 18.2 Å². The number of alkyl halides is 3. The topological polar surface area (TPSA) is 60.2 Å². The third-order valence-corrected chi connectivity index (χ3v) is 4.19. The van der Waals surface area contributed by atoms with E-state index in [9.17, 15) is 21.6 Å². The fraction of sp³-hybridized carbons (Fsp3) is 0.0909. The molecule has 0 saturated carbocycles. The molecule has 7 heteroatoms. The Kier molecular flexibility index (Phi) is 2.73. The van der Waals surface area contributed by atoms with E-state index >= 15 is 0 Å². The molecule has 0 bridgehead atoms. The van der Waals surface area contributed by atoms with Gasteiger partial charge in [-0.25, -0.2) is 8.42 Å². The maximum absolute atomic E-state index is 12.8. The summed E-state index contributed by atoms with van der Waals surface area (Å²) in [6.45, 7) is 0. The average molecular weight is 275 g/mol. The molecule has 0 aliphatic carbocycles. The van der Waals surface area contributed by atoms with Crippen LogP contribution >= 0.6 is 0 Å². The van der Waals surface area contributed by atoms with Crippen molar-refractivity contribution in [3.63, 3.8) is 0 Å². The van der Waals surface area contributed by atoms with E-state index < -0.39 is 31.5 Å². The van der Waals surface area contributed by atoms with Crippen LogP contribution in [-0.2, 0) is 16.0 Å². The summed E-state index contributed by atoms with van der Waals surface area (Å²) in [5.41, 5.74) is 3.85. The van der Waals surface area contributed by atoms with Gasteiger partial charge >= 0.3 is 6.18 Å². The second-order valence-electron chi connectivity index (χ2n) is 3.65. The largest absolute Gasteiger partial charge is 0.417 e. The summed E-state index contributed by atoms with van der Waals surface area (Å²) in [5, 5.41) is -0.450. The first-order chi connectivity index (χ1) is 8.24. The third kappa shape index (κ3) is 1.90. The van der Waals surface area contributed by atoms with Crippen LogP contribution in [-0.4, -0.2) is 8.42 Å². The highest BCUT2D eigenvalue weighted by Gasteiger charge is 2.37. The summed E-state index contributed by atoms with van der Waals surface area (Å²) in [4.78, 5) is -0.423. The van der Waals surface area contributed by atoms with Crippen molar-refractivity contribution in [2.24, 2.45) is 5.73 Å². The summed E-state index contributed by atoms with van der Waals surface area (Å²) >= 11 is 0. The van der Waals surface area contributed by atoms with Gasteiger partial charge in [0.15, 0.2) is 0 Å². The highest BCUT2D eigenvalue weighted by atomic mass is 32.2. The number of allylic oxidation sites excluding steroid dienone is 2. The third-order valence-electron chi connectivity index (χ3n) is 2.50. The maximum Gasteiger partial charge on any atom is 0.417 e. The molecule has 0 fully saturated rings. The Morgan fingerprint density at radius 2 is 1.67 bits per heavy atom. The zero-order valence-corrected chi connectivity index (χ0v) is 9.72. The standard InChI is InChI=1S/C11H8F3NO2S/c12-11(13,14)8-4-2-1-3-7(8)9-5-6-10(15)18(9,16)17/h1-6H,15H2. The lowest BCUT2D eigenvalue weighted by Gasteiger charge is -2.13. The van der Waals surface area contributed by atoms with E-state index in [1.54, 1.807) is 0 Å². The van der Waals surface area contributed by atoms with Gasteiger partial charge in [0.25, 0.3) is 0 Å². The van der Waals surface area contributed by atoms with E-state index in [4.69, 9.17) is 5.73 Å². The van der Waals surface area contributed by atoms with E-state index in [-0.39, 0.29) is 5.56 Å². The fourth-order valence-corrected chi connectivity index (χ4v) is 2.86. The van der Waals surface area contributed by atoms with Crippen molar-refractivity contribution in [3.05, 3.63) is 52.6 Å². The molecule has 2 N–H and O–H groups in total. The van der Waals surface area contributed by atoms with Gasteiger partial charge in [-0.1, -0.05) is 18.2 Å². The lowest BCUT2D eigenvalue weighted by Crippen LogP contribution is -2.14. The molecule has 1 aliphatic heterocycles. The number of halogens is 3. The van der Waals surface area contributed by atoms with Crippen LogP contribution in [0, 0.1) is 0 Å². The average Bonchev–Trinajstić information content (AvgIpc) is 2.53. The normalized spacial score (nSPS) is 18.4. The highest BCUT2D eigenvalue weighted by molar-refractivity contribution is 8.04. The highest BCUT2D eigenvalue weighted by Crippen LogP contribution is 2.39. The van der Waals surface area contributed by atoms with Gasteiger partial charge in [0.2, 0.25) is 9.84 Å². The second kappa shape index (κ2) is 3.88. The van der Waals surface area contributed by atoms with Crippen LogP contribution in [0.2, 0.25) is 0 Å². The first kappa shape index (κ1) is 12.7. The van der Waals surface area contributed by atoms with Gasteiger partial charge in [0.1, 0.15) is 5.03 Å². The molecule has 0 spiro atoms. The van der Waals surface area contributed by atoms with Crippen LogP contribution in [0.25, 0.3) is 4.91 Å². The number of hydrogen-bond acceptors (Lipinski definition) is 3. The predicted molar refractivity (Wildman–Crippen MR) is 60.6 cm³/mol. The Labute approximate surface area is 101 Å². The van der Waals surface area contributed by atoms with Crippen LogP contribution in [0.3, 0.4) is 0 Å². The van der Waals surface area contributed by atoms with Crippen molar-refractivity contribution < 1.29 is 21.6 Å². The quantitative estimate of drug-likeness (QED) is 0.855. The molecule has 0 radical (unpaired) electrons. The van der Waals surface area contributed by atoms with Crippen LogP contribution < -0.4 is 5.73 Å². The van der Waals surface area contributed by atoms with Crippen molar-refractivity contribution in [2.75, 3.05) is 0 Å². The Balaban J connectivity index is 2.63. The molecule has 0 aromatic heterocycles. The molecule has 3 nitrogen and oxygen atoms in total. The van der Waals surface area contributed by atoms with Gasteiger partial charge in [-0.15, -0.1) is 0 Å². The molecule has 0 unspecified atom stereocenters. The van der Waals surface area contributed by atoms with E-state index in [0.717, 1.165) is 24.3 Å². The zero-order valence-electron chi connectivity index (χ0n) is 8.90. The first-order valence-electron chi connectivity index (χ1n) is 4.84. The Hall–Kier alpha value is -1.76. The SMILES string of the molecule is NC1=CC=C(c2ccccc2C(F)(F)F)S1(=O)=O. The van der Waals surface area contributed by atoms with Crippen LogP contribution in [0.5, 0.6) is 0 Å². The van der Waals surface area contributed by atoms with Crippen molar-refractivity contribution in [3.8, 4) is 0 Å². The Bertz CT molecular complexity index is 657. The summed E-state index contributed by atoms with van der Waals surface area (Å²) in [6.07, 6.45) is -2.46. The number of rotatable bonds is 1. The molecule has 96 valence electrons. The summed E-state index contributed by atoms with van der Waals surface area (Å²) in [7, 11) is -4.00. The van der Waals surface area contributed by atoms with Gasteiger partial charge in [0, 0.05) is 5.56 Å². The molecule has 1 heterocycles. The van der Waals surface area contributed by atoms with E-state index in [0.29, 0.717) is 0 Å². The van der Waals surface area contributed by atoms with Crippen LogP contribution in [0.4, 0.5) is 13.2 Å². The summed E-state index contributed by atoms with van der Waals surface area (Å²) in [6, 6.07) is 4.49. The Morgan fingerprint density at radius 3 is 2.17 bits per heavy atom. The summed E-state index contributed by atoms with van der Waals surface area (Å²) < 4.78 is 61.8. The molecule has 2 rings (SSSR count). The molecular weight excluding hydrogens is 267 g/mol. The lowest BCUT2D eigenvalue weighted by molar-refractivity contribution is -0.137. The monoisotopic (exact) mass is 275 g/mol. The number of hydrogen-bond donors (Lipinski definition) is 1. The maximum atomic E-state index is 12.8. The van der Waals surface area contributed by atoms with Crippen molar-refractivity contribution in [1.29, 1.82) is 0 Å². The smallest absolute Gasteiger partial charge is 0.389 e. The van der Waals surface area contributed by atoms with Crippen molar-refractivity contribution in [2.45, 2.75) is 6.18 Å². The number of benzene rings is 1. The molecule has 1 aromatic rings. The second-order valence-corrected chi connectivity index (χ2v) is 5.56. The van der Waals surface area contributed by atoms with Crippen molar-refractivity contribution in [1.82, 2.24) is 0 Å². The molecule has 0 atom stereocenters. The minimum Gasteiger partial charge on any atom is -0.389 e. The van der Waals surface area contributed by atoms with Gasteiger partial charge in [0.05, 0.1) is 10.5 Å². The molecule has 18 heavy (non-hydrogen) atoms. The molecule has 1 aliphatic rings. The van der Waals surface area contributed by atoms with E-state index in [2.05, 4.69) is 0 Å². The first-order valence-corrected chi connectivity index (χ1v) is 6.32. The number of sulfone groups is 1. The van der Waals surface area contributed by atoms with Crippen LogP contribution in [0.1, 0.15) is 11.1 Å². The molecule has 0 saturated heterocycles. The van der Waals surface area contributed by atoms with E-state index in [1.165, 1.54) is 12.1 Å².